The zero-order valence-corrected chi connectivity index (χ0v) is 22.2. The Kier molecular flexibility index (Phi) is 5.89. The van der Waals surface area contributed by atoms with Crippen LogP contribution in [-0.2, 0) is 23.2 Å². The van der Waals surface area contributed by atoms with Crippen molar-refractivity contribution in [2.45, 2.75) is 77.2 Å². The zero-order valence-electron chi connectivity index (χ0n) is 22.2. The summed E-state index contributed by atoms with van der Waals surface area (Å²) in [5.74, 6) is -1.01. The van der Waals surface area contributed by atoms with E-state index in [0.29, 0.717) is 28.9 Å². The summed E-state index contributed by atoms with van der Waals surface area (Å²) in [5, 5.41) is 9.55. The molecule has 2 fully saturated rings. The molecule has 0 aliphatic heterocycles. The van der Waals surface area contributed by atoms with E-state index in [2.05, 4.69) is 13.8 Å². The normalized spacial score (nSPS) is 25.0. The quantitative estimate of drug-likeness (QED) is 0.360. The van der Waals surface area contributed by atoms with E-state index in [1.165, 1.54) is 17.7 Å². The van der Waals surface area contributed by atoms with Gasteiger partial charge in [0, 0.05) is 16.5 Å². The van der Waals surface area contributed by atoms with Crippen molar-refractivity contribution in [3.05, 3.63) is 88.0 Å². The molecule has 6 rings (SSSR count). The predicted octanol–water partition coefficient (Wildman–Crippen LogP) is 8.10. The molecular weight excluding hydrogens is 482 g/mol. The number of carboxylic acid groups (broad SMARTS) is 1. The molecule has 0 unspecified atom stereocenters. The van der Waals surface area contributed by atoms with Gasteiger partial charge in [0.1, 0.15) is 24.0 Å². The molecule has 3 aliphatic rings. The van der Waals surface area contributed by atoms with Gasteiger partial charge in [-0.05, 0) is 109 Å². The summed E-state index contributed by atoms with van der Waals surface area (Å²) in [6.45, 7) is 6.45. The molecule has 3 atom stereocenters. The zero-order chi connectivity index (χ0) is 26.8. The second kappa shape index (κ2) is 8.93. The Bertz CT molecular complexity index is 1440. The van der Waals surface area contributed by atoms with Crippen LogP contribution in [0.4, 0.5) is 8.78 Å². The Morgan fingerprint density at radius 1 is 1.03 bits per heavy atom. The lowest BCUT2D eigenvalue weighted by atomic mass is 9.75. The highest BCUT2D eigenvalue weighted by Crippen LogP contribution is 2.62. The van der Waals surface area contributed by atoms with E-state index >= 15 is 4.39 Å². The second-order valence-electron chi connectivity index (χ2n) is 12.3. The molecule has 0 heterocycles. The van der Waals surface area contributed by atoms with Crippen molar-refractivity contribution in [3.8, 4) is 16.9 Å². The average molecular weight is 517 g/mol. The number of rotatable bonds is 6. The van der Waals surface area contributed by atoms with Crippen LogP contribution < -0.4 is 4.74 Å². The van der Waals surface area contributed by atoms with Crippen LogP contribution in [0.1, 0.15) is 79.7 Å². The van der Waals surface area contributed by atoms with Crippen LogP contribution >= 0.6 is 0 Å². The topological polar surface area (TPSA) is 46.5 Å². The fraction of sp³-hybridized carbons (Fsp3) is 0.424. The van der Waals surface area contributed by atoms with Crippen molar-refractivity contribution < 1.29 is 23.4 Å². The van der Waals surface area contributed by atoms with Gasteiger partial charge in [0.15, 0.2) is 0 Å². The summed E-state index contributed by atoms with van der Waals surface area (Å²) in [4.78, 5) is 11.6. The first-order valence-electron chi connectivity index (χ1n) is 13.7. The minimum Gasteiger partial charge on any atom is -0.489 e. The van der Waals surface area contributed by atoms with Crippen LogP contribution in [0.3, 0.4) is 0 Å². The van der Waals surface area contributed by atoms with Crippen LogP contribution in [0.25, 0.3) is 11.1 Å². The monoisotopic (exact) mass is 516 g/mol. The van der Waals surface area contributed by atoms with Crippen LogP contribution in [0.2, 0.25) is 0 Å². The SMILES string of the molecule is Cc1ccc(F)c(-c2cc(F)c(COc3ccc4c(c3)[C@]3(CC4)C[C@H]3C(=O)O)cc2[C@@H]2CCCC2(C)C)c1. The van der Waals surface area contributed by atoms with Crippen molar-refractivity contribution in [2.75, 3.05) is 0 Å². The van der Waals surface area contributed by atoms with Gasteiger partial charge in [-0.2, -0.15) is 0 Å². The van der Waals surface area contributed by atoms with Gasteiger partial charge < -0.3 is 9.84 Å². The number of ether oxygens (including phenoxy) is 1. The molecule has 1 N–H and O–H groups in total. The number of benzene rings is 3. The molecule has 0 aromatic heterocycles. The van der Waals surface area contributed by atoms with Gasteiger partial charge in [-0.1, -0.05) is 38.0 Å². The molecule has 3 aromatic rings. The Morgan fingerprint density at radius 3 is 2.55 bits per heavy atom. The summed E-state index contributed by atoms with van der Waals surface area (Å²) >= 11 is 0. The third kappa shape index (κ3) is 4.11. The summed E-state index contributed by atoms with van der Waals surface area (Å²) in [6.07, 6.45) is 5.55. The smallest absolute Gasteiger partial charge is 0.307 e. The standard InChI is InChI=1S/C33H34F2O3/c1-19-6-9-29(34)25(13-19)23-16-30(35)21(14-24(23)26-5-4-11-32(26,2)3)18-38-22-8-7-20-10-12-33(27(20)15-22)17-28(33)31(36)37/h6-9,13-16,26,28H,4-5,10-12,17-18H2,1-3H3,(H,36,37)/t26-,28-,33-/m0/s1. The van der Waals surface area contributed by atoms with Crippen molar-refractivity contribution in [2.24, 2.45) is 11.3 Å². The minimum atomic E-state index is -0.737. The Morgan fingerprint density at radius 2 is 1.84 bits per heavy atom. The van der Waals surface area contributed by atoms with E-state index in [9.17, 15) is 14.3 Å². The minimum absolute atomic E-state index is 0.0320. The van der Waals surface area contributed by atoms with Crippen molar-refractivity contribution in [3.63, 3.8) is 0 Å². The van der Waals surface area contributed by atoms with Crippen molar-refractivity contribution in [1.82, 2.24) is 0 Å². The Hall–Kier alpha value is -3.21. The number of halogens is 2. The first-order chi connectivity index (χ1) is 18.1. The van der Waals surface area contributed by atoms with Crippen molar-refractivity contribution >= 4 is 5.97 Å². The third-order valence-corrected chi connectivity index (χ3v) is 9.49. The lowest BCUT2D eigenvalue weighted by Crippen LogP contribution is -2.17. The van der Waals surface area contributed by atoms with Gasteiger partial charge in [-0.25, -0.2) is 8.78 Å². The number of hydrogen-bond acceptors (Lipinski definition) is 2. The highest BCUT2D eigenvalue weighted by atomic mass is 19.1. The number of carbonyl (C=O) groups is 1. The first-order valence-corrected chi connectivity index (χ1v) is 13.7. The number of fused-ring (bicyclic) bond motifs is 2. The molecule has 0 radical (unpaired) electrons. The molecule has 5 heteroatoms. The van der Waals surface area contributed by atoms with E-state index in [1.54, 1.807) is 12.1 Å². The van der Waals surface area contributed by atoms with Gasteiger partial charge >= 0.3 is 5.97 Å². The van der Waals surface area contributed by atoms with Gasteiger partial charge in [0.05, 0.1) is 5.92 Å². The maximum absolute atomic E-state index is 15.6. The van der Waals surface area contributed by atoms with E-state index in [1.807, 2.05) is 31.2 Å². The van der Waals surface area contributed by atoms with Crippen LogP contribution in [0.15, 0.2) is 48.5 Å². The van der Waals surface area contributed by atoms with Crippen LogP contribution in [0.5, 0.6) is 5.75 Å². The van der Waals surface area contributed by atoms with Gasteiger partial charge in [0.25, 0.3) is 0 Å². The van der Waals surface area contributed by atoms with E-state index < -0.39 is 11.8 Å². The molecule has 3 nitrogen and oxygen atoms in total. The molecule has 198 valence electrons. The van der Waals surface area contributed by atoms with Crippen LogP contribution in [-0.4, -0.2) is 11.1 Å². The highest BCUT2D eigenvalue weighted by molar-refractivity contribution is 5.78. The van der Waals surface area contributed by atoms with E-state index in [0.717, 1.165) is 48.8 Å². The van der Waals surface area contributed by atoms with E-state index in [4.69, 9.17) is 4.74 Å². The fourth-order valence-corrected chi connectivity index (χ4v) is 7.20. The molecular formula is C33H34F2O3. The lowest BCUT2D eigenvalue weighted by Gasteiger charge is -2.30. The molecule has 3 aromatic carbocycles. The maximum Gasteiger partial charge on any atom is 0.307 e. The van der Waals surface area contributed by atoms with Gasteiger partial charge in [-0.15, -0.1) is 0 Å². The summed E-state index contributed by atoms with van der Waals surface area (Å²) < 4.78 is 36.7. The predicted molar refractivity (Wildman–Crippen MR) is 143 cm³/mol. The average Bonchev–Trinajstić information content (AvgIpc) is 3.37. The fourth-order valence-electron chi connectivity index (χ4n) is 7.20. The molecule has 0 bridgehead atoms. The highest BCUT2D eigenvalue weighted by Gasteiger charge is 2.61. The molecule has 38 heavy (non-hydrogen) atoms. The Balaban J connectivity index is 1.33. The summed E-state index contributed by atoms with van der Waals surface area (Å²) in [5.41, 5.74) is 5.44. The van der Waals surface area contributed by atoms with E-state index in [-0.39, 0.29) is 35.1 Å². The molecule has 0 saturated heterocycles. The number of aryl methyl sites for hydroxylation is 2. The summed E-state index contributed by atoms with van der Waals surface area (Å²) in [6, 6.07) is 14.2. The molecule has 2 saturated carbocycles. The number of carboxylic acids is 1. The van der Waals surface area contributed by atoms with Gasteiger partial charge in [-0.3, -0.25) is 4.79 Å². The number of aliphatic carboxylic acids is 1. The van der Waals surface area contributed by atoms with Crippen LogP contribution in [0, 0.1) is 29.9 Å². The lowest BCUT2D eigenvalue weighted by molar-refractivity contribution is -0.139. The molecule has 1 spiro atoms. The largest absolute Gasteiger partial charge is 0.489 e. The Labute approximate surface area is 222 Å². The molecule has 3 aliphatic carbocycles. The van der Waals surface area contributed by atoms with Crippen molar-refractivity contribution in [1.29, 1.82) is 0 Å². The summed E-state index contributed by atoms with van der Waals surface area (Å²) in [7, 11) is 0. The maximum atomic E-state index is 15.6. The van der Waals surface area contributed by atoms with Gasteiger partial charge in [0.2, 0.25) is 0 Å². The molecule has 0 amide bonds. The third-order valence-electron chi connectivity index (χ3n) is 9.49. The number of hydrogen-bond donors (Lipinski definition) is 1. The first kappa shape index (κ1) is 25.1. The second-order valence-corrected chi connectivity index (χ2v) is 12.3.